The third-order valence-electron chi connectivity index (χ3n) is 3.15. The van der Waals surface area contributed by atoms with E-state index in [1.54, 1.807) is 0 Å². The van der Waals surface area contributed by atoms with Crippen LogP contribution in [0.25, 0.3) is 5.52 Å². The second kappa shape index (κ2) is 4.24. The van der Waals surface area contributed by atoms with Gasteiger partial charge in [-0.2, -0.15) is 0 Å². The Labute approximate surface area is 101 Å². The van der Waals surface area contributed by atoms with Crippen molar-refractivity contribution in [2.45, 2.75) is 26.7 Å². The largest absolute Gasteiger partial charge is 0.481 e. The van der Waals surface area contributed by atoms with E-state index in [0.29, 0.717) is 0 Å². The summed E-state index contributed by atoms with van der Waals surface area (Å²) in [5.74, 6) is -1.14. The minimum atomic E-state index is -0.757. The Morgan fingerprint density at radius 3 is 2.65 bits per heavy atom. The first-order valence-electron chi connectivity index (χ1n) is 5.81. The molecule has 0 saturated heterocycles. The van der Waals surface area contributed by atoms with Gasteiger partial charge < -0.3 is 9.51 Å². The number of rotatable bonds is 3. The Balaban J connectivity index is 2.68. The number of aryl methyl sites for hydroxylation is 1. The van der Waals surface area contributed by atoms with E-state index in [4.69, 9.17) is 0 Å². The summed E-state index contributed by atoms with van der Waals surface area (Å²) in [5.41, 5.74) is 2.98. The molecule has 0 spiro atoms. The fourth-order valence-electron chi connectivity index (χ4n) is 2.39. The zero-order valence-corrected chi connectivity index (χ0v) is 10.3. The number of aliphatic carboxylic acids is 1. The molecule has 2 aromatic rings. The van der Waals surface area contributed by atoms with Crippen LogP contribution in [0.4, 0.5) is 0 Å². The van der Waals surface area contributed by atoms with E-state index >= 15 is 0 Å². The zero-order chi connectivity index (χ0) is 12.6. The third-order valence-corrected chi connectivity index (χ3v) is 3.15. The molecule has 0 saturated carbocycles. The molecule has 0 fully saturated rings. The summed E-state index contributed by atoms with van der Waals surface area (Å²) in [6, 6.07) is 7.92. The lowest BCUT2D eigenvalue weighted by Gasteiger charge is -2.17. The van der Waals surface area contributed by atoms with Crippen molar-refractivity contribution >= 4 is 11.5 Å². The summed E-state index contributed by atoms with van der Waals surface area (Å²) >= 11 is 0. The summed E-state index contributed by atoms with van der Waals surface area (Å²) in [6.45, 7) is 5.86. The van der Waals surface area contributed by atoms with Crippen LogP contribution in [0.3, 0.4) is 0 Å². The second-order valence-electron chi connectivity index (χ2n) is 4.77. The van der Waals surface area contributed by atoms with E-state index in [2.05, 4.69) is 0 Å². The highest BCUT2D eigenvalue weighted by atomic mass is 16.4. The normalized spacial score (nSPS) is 13.2. The van der Waals surface area contributed by atoms with Crippen LogP contribution in [0.1, 0.15) is 31.0 Å². The fourth-order valence-corrected chi connectivity index (χ4v) is 2.39. The lowest BCUT2D eigenvalue weighted by atomic mass is 9.91. The molecular weight excluding hydrogens is 214 g/mol. The molecule has 1 N–H and O–H groups in total. The minimum absolute atomic E-state index is 0.0736. The van der Waals surface area contributed by atoms with Gasteiger partial charge in [0.15, 0.2) is 0 Å². The van der Waals surface area contributed by atoms with Crippen LogP contribution in [0.15, 0.2) is 30.5 Å². The molecule has 2 heterocycles. The van der Waals surface area contributed by atoms with Crippen molar-refractivity contribution in [1.29, 1.82) is 0 Å². The molecule has 17 heavy (non-hydrogen) atoms. The molecule has 2 aromatic heterocycles. The van der Waals surface area contributed by atoms with Crippen molar-refractivity contribution in [3.05, 3.63) is 41.7 Å². The van der Waals surface area contributed by atoms with Crippen LogP contribution in [0, 0.1) is 12.8 Å². The highest BCUT2D eigenvalue weighted by Crippen LogP contribution is 2.29. The number of carbonyl (C=O) groups is 1. The van der Waals surface area contributed by atoms with E-state index in [9.17, 15) is 9.90 Å². The van der Waals surface area contributed by atoms with Crippen molar-refractivity contribution in [1.82, 2.24) is 4.40 Å². The predicted molar refractivity (Wildman–Crippen MR) is 67.3 cm³/mol. The van der Waals surface area contributed by atoms with E-state index in [1.165, 1.54) is 0 Å². The molecule has 3 heteroatoms. The monoisotopic (exact) mass is 231 g/mol. The highest BCUT2D eigenvalue weighted by molar-refractivity contribution is 5.77. The summed E-state index contributed by atoms with van der Waals surface area (Å²) in [5, 5.41) is 9.39. The molecular formula is C14H17NO2. The zero-order valence-electron chi connectivity index (χ0n) is 10.3. The number of fused-ring (bicyclic) bond motifs is 1. The van der Waals surface area contributed by atoms with Crippen LogP contribution in [0.2, 0.25) is 0 Å². The number of carboxylic acids is 1. The number of hydrogen-bond acceptors (Lipinski definition) is 1. The number of carboxylic acid groups (broad SMARTS) is 1. The van der Waals surface area contributed by atoms with Gasteiger partial charge in [0.25, 0.3) is 0 Å². The van der Waals surface area contributed by atoms with Gasteiger partial charge in [-0.1, -0.05) is 19.9 Å². The van der Waals surface area contributed by atoms with Crippen LogP contribution in [-0.4, -0.2) is 15.5 Å². The van der Waals surface area contributed by atoms with Gasteiger partial charge in [-0.15, -0.1) is 0 Å². The fraction of sp³-hybridized carbons (Fsp3) is 0.357. The van der Waals surface area contributed by atoms with Crippen LogP contribution < -0.4 is 0 Å². The number of aromatic nitrogens is 1. The molecule has 0 amide bonds. The first kappa shape index (κ1) is 11.7. The third kappa shape index (κ3) is 1.93. The van der Waals surface area contributed by atoms with Gasteiger partial charge in [-0.05, 0) is 36.6 Å². The molecule has 3 nitrogen and oxygen atoms in total. The van der Waals surface area contributed by atoms with Gasteiger partial charge in [0, 0.05) is 17.4 Å². The lowest BCUT2D eigenvalue weighted by Crippen LogP contribution is -2.20. The van der Waals surface area contributed by atoms with Gasteiger partial charge in [-0.3, -0.25) is 4.79 Å². The molecule has 1 atom stereocenters. The number of nitrogens with zero attached hydrogens (tertiary/aromatic N) is 1. The molecule has 0 aromatic carbocycles. The Morgan fingerprint density at radius 1 is 1.35 bits per heavy atom. The molecule has 0 aliphatic rings. The number of pyridine rings is 1. The van der Waals surface area contributed by atoms with Crippen LogP contribution >= 0.6 is 0 Å². The van der Waals surface area contributed by atoms with Crippen LogP contribution in [-0.2, 0) is 4.79 Å². The quantitative estimate of drug-likeness (QED) is 0.882. The topological polar surface area (TPSA) is 41.7 Å². The van der Waals surface area contributed by atoms with Crippen LogP contribution in [0.5, 0.6) is 0 Å². The van der Waals surface area contributed by atoms with Gasteiger partial charge in [0.05, 0.1) is 5.92 Å². The van der Waals surface area contributed by atoms with Crippen molar-refractivity contribution in [2.24, 2.45) is 5.92 Å². The van der Waals surface area contributed by atoms with Crippen molar-refractivity contribution in [2.75, 3.05) is 0 Å². The van der Waals surface area contributed by atoms with E-state index in [0.717, 1.165) is 16.8 Å². The molecule has 0 radical (unpaired) electrons. The maximum Gasteiger partial charge on any atom is 0.312 e. The van der Waals surface area contributed by atoms with E-state index < -0.39 is 11.9 Å². The summed E-state index contributed by atoms with van der Waals surface area (Å²) in [4.78, 5) is 11.4. The summed E-state index contributed by atoms with van der Waals surface area (Å²) in [7, 11) is 0. The molecule has 0 aliphatic heterocycles. The molecule has 1 unspecified atom stereocenters. The smallest absolute Gasteiger partial charge is 0.312 e. The number of hydrogen-bond donors (Lipinski definition) is 1. The minimum Gasteiger partial charge on any atom is -0.481 e. The van der Waals surface area contributed by atoms with Gasteiger partial charge >= 0.3 is 5.97 Å². The standard InChI is InChI=1S/C14H17NO2/c1-9(2)12(14(16)17)13-10(3)8-11-6-4-5-7-15(11)13/h4-9,12H,1-3H3,(H,16,17). The van der Waals surface area contributed by atoms with Gasteiger partial charge in [0.2, 0.25) is 0 Å². The van der Waals surface area contributed by atoms with Crippen molar-refractivity contribution in [3.8, 4) is 0 Å². The summed E-state index contributed by atoms with van der Waals surface area (Å²) < 4.78 is 1.98. The van der Waals surface area contributed by atoms with E-state index in [-0.39, 0.29) is 5.92 Å². The predicted octanol–water partition coefficient (Wildman–Crippen LogP) is 3.07. The lowest BCUT2D eigenvalue weighted by molar-refractivity contribution is -0.140. The Kier molecular flexibility index (Phi) is 2.92. The first-order valence-corrected chi connectivity index (χ1v) is 5.81. The Hall–Kier alpha value is -1.77. The summed E-state index contributed by atoms with van der Waals surface area (Å²) in [6.07, 6.45) is 1.93. The SMILES string of the molecule is Cc1cc2ccccn2c1C(C(=O)O)C(C)C. The Bertz CT molecular complexity index is 554. The van der Waals surface area contributed by atoms with Gasteiger partial charge in [0.1, 0.15) is 0 Å². The molecule has 0 aliphatic carbocycles. The maximum atomic E-state index is 11.4. The average Bonchev–Trinajstić information content (AvgIpc) is 2.55. The van der Waals surface area contributed by atoms with E-state index in [1.807, 2.05) is 55.6 Å². The van der Waals surface area contributed by atoms with Gasteiger partial charge in [-0.25, -0.2) is 0 Å². The Morgan fingerprint density at radius 2 is 2.06 bits per heavy atom. The first-order chi connectivity index (χ1) is 8.02. The molecule has 0 bridgehead atoms. The second-order valence-corrected chi connectivity index (χ2v) is 4.77. The molecule has 2 rings (SSSR count). The average molecular weight is 231 g/mol. The highest BCUT2D eigenvalue weighted by Gasteiger charge is 2.27. The molecule has 90 valence electrons. The maximum absolute atomic E-state index is 11.4. The van der Waals surface area contributed by atoms with Crippen molar-refractivity contribution < 1.29 is 9.90 Å². The van der Waals surface area contributed by atoms with Crippen molar-refractivity contribution in [3.63, 3.8) is 0 Å².